The van der Waals surface area contributed by atoms with E-state index >= 15 is 0 Å². The van der Waals surface area contributed by atoms with Gasteiger partial charge in [0.05, 0.1) is 5.69 Å². The maximum Gasteiger partial charge on any atom is 0.165 e. The fraction of sp³-hybridized carbons (Fsp3) is 0.500. The van der Waals surface area contributed by atoms with Crippen molar-refractivity contribution in [3.05, 3.63) is 53.5 Å². The lowest BCUT2D eigenvalue weighted by atomic mass is 9.99. The molecule has 1 fully saturated rings. The molecule has 4 rings (SSSR count). The van der Waals surface area contributed by atoms with Crippen LogP contribution in [0.1, 0.15) is 70.5 Å². The lowest BCUT2D eigenvalue weighted by Crippen LogP contribution is -2.17. The minimum absolute atomic E-state index is 0.430. The highest BCUT2D eigenvalue weighted by Crippen LogP contribution is 2.38. The number of ketones is 1. The van der Waals surface area contributed by atoms with Gasteiger partial charge in [0.15, 0.2) is 5.65 Å². The highest BCUT2D eigenvalue weighted by molar-refractivity contribution is 5.78. The van der Waals surface area contributed by atoms with Crippen LogP contribution in [0.3, 0.4) is 0 Å². The summed E-state index contributed by atoms with van der Waals surface area (Å²) in [7, 11) is 0. The Balaban J connectivity index is 0.000000243. The number of nitrogens with zero attached hydrogens (tertiary/aromatic N) is 3. The maximum atomic E-state index is 12.7. The second-order valence-corrected chi connectivity index (χ2v) is 9.30. The number of pyridine rings is 1. The van der Waals surface area contributed by atoms with E-state index in [0.717, 1.165) is 35.8 Å². The quantitative estimate of drug-likeness (QED) is 0.503. The van der Waals surface area contributed by atoms with Gasteiger partial charge in [-0.05, 0) is 75.3 Å². The molecule has 1 saturated carbocycles. The third-order valence-electron chi connectivity index (χ3n) is 6.02. The van der Waals surface area contributed by atoms with Crippen molar-refractivity contribution in [2.45, 2.75) is 72.6 Å². The molecule has 1 aromatic carbocycles. The van der Waals surface area contributed by atoms with E-state index < -0.39 is 12.3 Å². The molecule has 6 heteroatoms. The van der Waals surface area contributed by atoms with Crippen LogP contribution >= 0.6 is 0 Å². The molecule has 1 N–H and O–H groups in total. The van der Waals surface area contributed by atoms with Crippen LogP contribution < -0.4 is 0 Å². The summed E-state index contributed by atoms with van der Waals surface area (Å²) in [5.74, 6) is 2.77. The first-order valence-corrected chi connectivity index (χ1v) is 11.4. The van der Waals surface area contributed by atoms with Gasteiger partial charge in [0.1, 0.15) is 29.4 Å². The van der Waals surface area contributed by atoms with Crippen molar-refractivity contribution in [2.75, 3.05) is 0 Å². The molecule has 2 aromatic heterocycles. The van der Waals surface area contributed by atoms with Crippen LogP contribution in [0.15, 0.2) is 36.4 Å². The van der Waals surface area contributed by atoms with Crippen molar-refractivity contribution >= 4 is 16.9 Å². The van der Waals surface area contributed by atoms with Gasteiger partial charge in [-0.15, -0.1) is 0 Å². The Morgan fingerprint density at radius 3 is 2.38 bits per heavy atom. The predicted molar refractivity (Wildman–Crippen MR) is 125 cm³/mol. The average Bonchev–Trinajstić information content (AvgIpc) is 3.56. The molecule has 1 atom stereocenters. The highest BCUT2D eigenvalue weighted by atomic mass is 19.1. The third-order valence-corrected chi connectivity index (χ3v) is 6.02. The van der Waals surface area contributed by atoms with Gasteiger partial charge in [0.25, 0.3) is 0 Å². The molecular weight excluding hydrogens is 405 g/mol. The first-order chi connectivity index (χ1) is 15.1. The van der Waals surface area contributed by atoms with Crippen molar-refractivity contribution in [2.24, 2.45) is 11.8 Å². The Hall–Kier alpha value is -2.60. The SMILES string of the molecule is CCC(=O)CC(C)C1CC1.Cc1nc2ccc(C(C)(C)O)nc2n1-c1ccc(CF)cc1. The lowest BCUT2D eigenvalue weighted by molar-refractivity contribution is -0.119. The van der Waals surface area contributed by atoms with Gasteiger partial charge in [0.2, 0.25) is 0 Å². The lowest BCUT2D eigenvalue weighted by Gasteiger charge is -2.16. The first-order valence-electron chi connectivity index (χ1n) is 11.4. The van der Waals surface area contributed by atoms with Crippen LogP contribution in [0.25, 0.3) is 16.9 Å². The number of benzene rings is 1. The van der Waals surface area contributed by atoms with Crippen LogP contribution in [0.5, 0.6) is 0 Å². The van der Waals surface area contributed by atoms with Gasteiger partial charge >= 0.3 is 0 Å². The number of carbonyl (C=O) groups excluding carboxylic acids is 1. The largest absolute Gasteiger partial charge is 0.384 e. The molecule has 0 amide bonds. The number of aromatic nitrogens is 3. The van der Waals surface area contributed by atoms with Gasteiger partial charge in [0, 0.05) is 18.5 Å². The summed E-state index contributed by atoms with van der Waals surface area (Å²) in [5.41, 5.74) is 2.52. The Bertz CT molecular complexity index is 1060. The molecule has 1 aliphatic rings. The van der Waals surface area contributed by atoms with Gasteiger partial charge in [-0.3, -0.25) is 9.36 Å². The van der Waals surface area contributed by atoms with Gasteiger partial charge in [-0.25, -0.2) is 14.4 Å². The van der Waals surface area contributed by atoms with Crippen molar-refractivity contribution < 1.29 is 14.3 Å². The summed E-state index contributed by atoms with van der Waals surface area (Å²) in [6.45, 7) is 8.96. The topological polar surface area (TPSA) is 68.0 Å². The first kappa shape index (κ1) is 24.1. The summed E-state index contributed by atoms with van der Waals surface area (Å²) >= 11 is 0. The predicted octanol–water partition coefficient (Wildman–Crippen LogP) is 5.83. The molecule has 0 radical (unpaired) electrons. The molecule has 0 spiro atoms. The summed E-state index contributed by atoms with van der Waals surface area (Å²) in [4.78, 5) is 20.0. The van der Waals surface area contributed by atoms with Crippen LogP contribution in [0.4, 0.5) is 4.39 Å². The molecule has 172 valence electrons. The average molecular weight is 440 g/mol. The van der Waals surface area contributed by atoms with Crippen molar-refractivity contribution in [1.82, 2.24) is 14.5 Å². The van der Waals surface area contributed by atoms with Crippen molar-refractivity contribution in [3.63, 3.8) is 0 Å². The standard InChI is InChI=1S/C17H18FN3O.C9H16O/c1-11-19-14-8-9-15(17(2,3)22)20-16(14)21(11)13-6-4-12(10-18)5-7-13;1-3-9(10)6-7(2)8-4-5-8/h4-9,22H,10H2,1-3H3;7-8H,3-6H2,1-2H3. The zero-order valence-corrected chi connectivity index (χ0v) is 19.7. The van der Waals surface area contributed by atoms with Crippen LogP contribution in [0, 0.1) is 18.8 Å². The van der Waals surface area contributed by atoms with E-state index in [1.54, 1.807) is 32.0 Å². The molecule has 5 nitrogen and oxygen atoms in total. The zero-order valence-electron chi connectivity index (χ0n) is 19.7. The monoisotopic (exact) mass is 439 g/mol. The van der Waals surface area contributed by atoms with E-state index in [1.165, 1.54) is 12.8 Å². The Morgan fingerprint density at radius 2 is 1.84 bits per heavy atom. The molecule has 2 heterocycles. The summed E-state index contributed by atoms with van der Waals surface area (Å²) in [6.07, 6.45) is 4.26. The summed E-state index contributed by atoms with van der Waals surface area (Å²) < 4.78 is 14.6. The number of imidazole rings is 1. The molecular formula is C26H34FN3O2. The molecule has 0 aliphatic heterocycles. The fourth-order valence-corrected chi connectivity index (χ4v) is 3.79. The maximum absolute atomic E-state index is 12.7. The number of carbonyl (C=O) groups is 1. The van der Waals surface area contributed by atoms with Crippen LogP contribution in [-0.4, -0.2) is 25.4 Å². The van der Waals surface area contributed by atoms with Crippen LogP contribution in [0.2, 0.25) is 0 Å². The second kappa shape index (κ2) is 9.90. The molecule has 0 bridgehead atoms. The number of halogens is 1. The van der Waals surface area contributed by atoms with E-state index in [9.17, 15) is 14.3 Å². The number of hydrogen-bond acceptors (Lipinski definition) is 4. The van der Waals surface area contributed by atoms with Crippen molar-refractivity contribution in [3.8, 4) is 5.69 Å². The number of aryl methyl sites for hydroxylation is 1. The number of hydrogen-bond donors (Lipinski definition) is 1. The Morgan fingerprint density at radius 1 is 1.19 bits per heavy atom. The number of Topliss-reactive ketones (excluding diaryl/α,β-unsaturated/α-hetero) is 1. The zero-order chi connectivity index (χ0) is 23.5. The number of aliphatic hydroxyl groups is 1. The third kappa shape index (κ3) is 5.80. The number of fused-ring (bicyclic) bond motifs is 1. The van der Waals surface area contributed by atoms with Crippen LogP contribution in [-0.2, 0) is 17.1 Å². The Labute approximate surface area is 189 Å². The van der Waals surface area contributed by atoms with E-state index in [0.29, 0.717) is 28.6 Å². The van der Waals surface area contributed by atoms with Gasteiger partial charge in [-0.2, -0.15) is 0 Å². The van der Waals surface area contributed by atoms with E-state index in [2.05, 4.69) is 16.9 Å². The fourth-order valence-electron chi connectivity index (χ4n) is 3.79. The second-order valence-electron chi connectivity index (χ2n) is 9.30. The number of rotatable bonds is 7. The minimum Gasteiger partial charge on any atom is -0.384 e. The van der Waals surface area contributed by atoms with E-state index in [4.69, 9.17) is 0 Å². The number of alkyl halides is 1. The van der Waals surface area contributed by atoms with Crippen molar-refractivity contribution in [1.29, 1.82) is 0 Å². The molecule has 32 heavy (non-hydrogen) atoms. The summed E-state index contributed by atoms with van der Waals surface area (Å²) in [5, 5.41) is 10.2. The summed E-state index contributed by atoms with van der Waals surface area (Å²) in [6, 6.07) is 10.8. The minimum atomic E-state index is -1.02. The van der Waals surface area contributed by atoms with E-state index in [1.807, 2.05) is 36.6 Å². The molecule has 1 unspecified atom stereocenters. The Kier molecular flexibility index (Phi) is 7.44. The molecule has 1 aliphatic carbocycles. The van der Waals surface area contributed by atoms with E-state index in [-0.39, 0.29) is 0 Å². The molecule has 3 aromatic rings. The van der Waals surface area contributed by atoms with Gasteiger partial charge < -0.3 is 5.11 Å². The van der Waals surface area contributed by atoms with Gasteiger partial charge in [-0.1, -0.05) is 26.0 Å². The highest BCUT2D eigenvalue weighted by Gasteiger charge is 2.28. The normalized spacial score (nSPS) is 14.7. The smallest absolute Gasteiger partial charge is 0.165 e. The molecule has 0 saturated heterocycles.